The fourth-order valence-corrected chi connectivity index (χ4v) is 2.56. The van der Waals surface area contributed by atoms with Gasteiger partial charge in [-0.05, 0) is 35.9 Å². The fraction of sp³-hybridized carbons (Fsp3) is 0. The van der Waals surface area contributed by atoms with Crippen LogP contribution in [0.4, 0.5) is 4.39 Å². The highest BCUT2D eigenvalue weighted by atomic mass is 19.1. The number of rotatable bonds is 3. The van der Waals surface area contributed by atoms with Crippen molar-refractivity contribution in [2.24, 2.45) is 0 Å². The molecule has 1 N–H and O–H groups in total. The normalized spacial score (nSPS) is 11.4. The molecular formula is C19H13FN4O. The molecular weight excluding hydrogens is 319 g/mol. The van der Waals surface area contributed by atoms with E-state index in [1.807, 2.05) is 30.3 Å². The van der Waals surface area contributed by atoms with Crippen molar-refractivity contribution in [1.82, 2.24) is 19.7 Å². The molecule has 0 atom stereocenters. The summed E-state index contributed by atoms with van der Waals surface area (Å²) in [5.74, 6) is 0.0562. The summed E-state index contributed by atoms with van der Waals surface area (Å²) >= 11 is 0. The molecule has 0 fully saturated rings. The van der Waals surface area contributed by atoms with E-state index in [1.165, 1.54) is 18.3 Å². The first kappa shape index (κ1) is 15.0. The second kappa shape index (κ2) is 6.16. The highest BCUT2D eigenvalue weighted by Gasteiger charge is 2.10. The summed E-state index contributed by atoms with van der Waals surface area (Å²) < 4.78 is 14.9. The molecule has 2 aromatic carbocycles. The molecule has 0 radical (unpaired) electrons. The van der Waals surface area contributed by atoms with Crippen molar-refractivity contribution in [3.05, 3.63) is 88.4 Å². The number of hydrogen-bond acceptors (Lipinski definition) is 3. The van der Waals surface area contributed by atoms with Crippen LogP contribution in [-0.4, -0.2) is 19.7 Å². The lowest BCUT2D eigenvalue weighted by atomic mass is 10.2. The van der Waals surface area contributed by atoms with Gasteiger partial charge in [0, 0.05) is 0 Å². The average Bonchev–Trinajstić information content (AvgIpc) is 3.05. The molecule has 0 unspecified atom stereocenters. The molecule has 25 heavy (non-hydrogen) atoms. The second-order valence-corrected chi connectivity index (χ2v) is 5.47. The Morgan fingerprint density at radius 2 is 1.88 bits per heavy atom. The van der Waals surface area contributed by atoms with Gasteiger partial charge in [-0.3, -0.25) is 4.79 Å². The Hall–Kier alpha value is -3.54. The third-order valence-electron chi connectivity index (χ3n) is 3.74. The number of halogens is 1. The Morgan fingerprint density at radius 3 is 2.68 bits per heavy atom. The summed E-state index contributed by atoms with van der Waals surface area (Å²) in [7, 11) is 0. The average molecular weight is 332 g/mol. The molecule has 4 aromatic rings. The number of aromatic amines is 1. The van der Waals surface area contributed by atoms with Gasteiger partial charge in [0.25, 0.3) is 5.56 Å². The van der Waals surface area contributed by atoms with Gasteiger partial charge in [0.15, 0.2) is 5.65 Å². The van der Waals surface area contributed by atoms with Gasteiger partial charge >= 0.3 is 0 Å². The van der Waals surface area contributed by atoms with Gasteiger partial charge in [-0.1, -0.05) is 36.4 Å². The van der Waals surface area contributed by atoms with E-state index in [2.05, 4.69) is 15.1 Å². The Labute approximate surface area is 142 Å². The first-order valence-electron chi connectivity index (χ1n) is 7.68. The maximum absolute atomic E-state index is 13.2. The van der Waals surface area contributed by atoms with E-state index < -0.39 is 0 Å². The van der Waals surface area contributed by atoms with Crippen LogP contribution in [-0.2, 0) is 0 Å². The maximum Gasteiger partial charge on any atom is 0.262 e. The number of nitrogens with zero attached hydrogens (tertiary/aromatic N) is 3. The molecule has 0 aliphatic carbocycles. The summed E-state index contributed by atoms with van der Waals surface area (Å²) in [5, 5.41) is 4.67. The smallest absolute Gasteiger partial charge is 0.262 e. The zero-order chi connectivity index (χ0) is 17.2. The number of para-hydroxylation sites is 1. The fourth-order valence-electron chi connectivity index (χ4n) is 2.56. The third kappa shape index (κ3) is 2.97. The van der Waals surface area contributed by atoms with Gasteiger partial charge in [0.2, 0.25) is 0 Å². The molecule has 0 saturated carbocycles. The van der Waals surface area contributed by atoms with Gasteiger partial charge in [-0.15, -0.1) is 0 Å². The van der Waals surface area contributed by atoms with Crippen LogP contribution >= 0.6 is 0 Å². The Morgan fingerprint density at radius 1 is 1.04 bits per heavy atom. The van der Waals surface area contributed by atoms with Crippen molar-refractivity contribution in [3.8, 4) is 5.69 Å². The predicted molar refractivity (Wildman–Crippen MR) is 94.8 cm³/mol. The number of hydrogen-bond donors (Lipinski definition) is 1. The Balaban J connectivity index is 1.80. The molecule has 6 heteroatoms. The molecule has 2 aromatic heterocycles. The first-order chi connectivity index (χ1) is 12.2. The standard InChI is InChI=1S/C19H13FN4O/c20-14-6-4-5-13(11-14)9-10-17-22-18-16(19(25)23-17)12-21-24(18)15-7-2-1-3-8-15/h1-12H,(H,22,23,25)/b10-9+. The number of benzene rings is 2. The zero-order valence-corrected chi connectivity index (χ0v) is 13.1. The SMILES string of the molecule is O=c1[nH]c(/C=C/c2cccc(F)c2)nc2c1cnn2-c1ccccc1. The van der Waals surface area contributed by atoms with Gasteiger partial charge in [-0.25, -0.2) is 14.1 Å². The summed E-state index contributed by atoms with van der Waals surface area (Å²) in [4.78, 5) is 19.4. The lowest BCUT2D eigenvalue weighted by Gasteiger charge is -2.02. The van der Waals surface area contributed by atoms with Crippen LogP contribution in [0.1, 0.15) is 11.4 Å². The molecule has 122 valence electrons. The van der Waals surface area contributed by atoms with Gasteiger partial charge in [0.05, 0.1) is 11.9 Å². The van der Waals surface area contributed by atoms with Crippen LogP contribution in [0.5, 0.6) is 0 Å². The van der Waals surface area contributed by atoms with E-state index >= 15 is 0 Å². The monoisotopic (exact) mass is 332 g/mol. The third-order valence-corrected chi connectivity index (χ3v) is 3.74. The van der Waals surface area contributed by atoms with Gasteiger partial charge in [-0.2, -0.15) is 5.10 Å². The van der Waals surface area contributed by atoms with Crippen LogP contribution in [0.15, 0.2) is 65.6 Å². The van der Waals surface area contributed by atoms with Crippen molar-refractivity contribution < 1.29 is 4.39 Å². The van der Waals surface area contributed by atoms with Crippen molar-refractivity contribution in [1.29, 1.82) is 0 Å². The highest BCUT2D eigenvalue weighted by Crippen LogP contribution is 2.14. The number of nitrogens with one attached hydrogen (secondary N) is 1. The van der Waals surface area contributed by atoms with Gasteiger partial charge < -0.3 is 4.98 Å². The maximum atomic E-state index is 13.2. The molecule has 4 rings (SSSR count). The molecule has 0 aliphatic heterocycles. The summed E-state index contributed by atoms with van der Waals surface area (Å²) in [6, 6.07) is 15.6. The molecule has 0 saturated heterocycles. The number of fused-ring (bicyclic) bond motifs is 1. The Kier molecular flexibility index (Phi) is 3.70. The van der Waals surface area contributed by atoms with E-state index in [0.29, 0.717) is 22.4 Å². The molecule has 0 amide bonds. The van der Waals surface area contributed by atoms with E-state index in [9.17, 15) is 9.18 Å². The van der Waals surface area contributed by atoms with E-state index in [4.69, 9.17) is 0 Å². The molecule has 0 aliphatic rings. The van der Waals surface area contributed by atoms with Crippen LogP contribution in [0.2, 0.25) is 0 Å². The van der Waals surface area contributed by atoms with Crippen LogP contribution in [0, 0.1) is 5.82 Å². The minimum atomic E-state index is -0.318. The molecule has 2 heterocycles. The number of H-pyrrole nitrogens is 1. The van der Waals surface area contributed by atoms with Crippen LogP contribution in [0.3, 0.4) is 0 Å². The van der Waals surface area contributed by atoms with Crippen molar-refractivity contribution >= 4 is 23.2 Å². The van der Waals surface area contributed by atoms with Gasteiger partial charge in [0.1, 0.15) is 17.0 Å². The zero-order valence-electron chi connectivity index (χ0n) is 13.1. The Bertz CT molecular complexity index is 1130. The number of aromatic nitrogens is 4. The quantitative estimate of drug-likeness (QED) is 0.625. The van der Waals surface area contributed by atoms with Crippen LogP contribution in [0.25, 0.3) is 28.9 Å². The van der Waals surface area contributed by atoms with E-state index in [0.717, 1.165) is 5.69 Å². The van der Waals surface area contributed by atoms with Crippen LogP contribution < -0.4 is 5.56 Å². The summed E-state index contributed by atoms with van der Waals surface area (Å²) in [5.41, 5.74) is 1.69. The van der Waals surface area contributed by atoms with Crippen molar-refractivity contribution in [3.63, 3.8) is 0 Å². The second-order valence-electron chi connectivity index (χ2n) is 5.47. The minimum absolute atomic E-state index is 0.272. The van der Waals surface area contributed by atoms with Crippen molar-refractivity contribution in [2.45, 2.75) is 0 Å². The first-order valence-corrected chi connectivity index (χ1v) is 7.68. The largest absolute Gasteiger partial charge is 0.306 e. The lowest BCUT2D eigenvalue weighted by molar-refractivity contribution is 0.627. The minimum Gasteiger partial charge on any atom is -0.306 e. The molecule has 0 spiro atoms. The highest BCUT2D eigenvalue weighted by molar-refractivity contribution is 5.77. The van der Waals surface area contributed by atoms with E-state index in [-0.39, 0.29) is 11.4 Å². The topological polar surface area (TPSA) is 63.6 Å². The predicted octanol–water partition coefficient (Wildman–Crippen LogP) is 3.42. The summed E-state index contributed by atoms with van der Waals surface area (Å²) in [6.45, 7) is 0. The lowest BCUT2D eigenvalue weighted by Crippen LogP contribution is -2.10. The van der Waals surface area contributed by atoms with Crippen molar-refractivity contribution in [2.75, 3.05) is 0 Å². The van der Waals surface area contributed by atoms with E-state index in [1.54, 1.807) is 29.0 Å². The molecule has 5 nitrogen and oxygen atoms in total. The summed E-state index contributed by atoms with van der Waals surface area (Å²) in [6.07, 6.45) is 4.82. The molecule has 0 bridgehead atoms.